The number of amides is 1. The molecule has 0 atom stereocenters. The van der Waals surface area contributed by atoms with Crippen molar-refractivity contribution >= 4 is 17.8 Å². The van der Waals surface area contributed by atoms with Gasteiger partial charge in [-0.25, -0.2) is 18.9 Å². The number of nitrogens with one attached hydrogen (secondary N) is 1. The van der Waals surface area contributed by atoms with Gasteiger partial charge in [0.15, 0.2) is 5.69 Å². The van der Waals surface area contributed by atoms with E-state index in [0.717, 1.165) is 0 Å². The molecule has 0 fully saturated rings. The van der Waals surface area contributed by atoms with Gasteiger partial charge in [0.25, 0.3) is 0 Å². The molecule has 0 spiro atoms. The largest absolute Gasteiger partial charge is 0.476 e. The Balaban J connectivity index is 1.52. The van der Waals surface area contributed by atoms with Crippen molar-refractivity contribution in [1.29, 1.82) is 0 Å². The van der Waals surface area contributed by atoms with Crippen LogP contribution in [-0.4, -0.2) is 41.5 Å². The number of carboxylic acid groups (broad SMARTS) is 1. The number of nitrogens with zero attached hydrogens (tertiary/aromatic N) is 5. The first-order chi connectivity index (χ1) is 12.5. The number of aromatic nitrogens is 5. The van der Waals surface area contributed by atoms with Gasteiger partial charge in [0.1, 0.15) is 12.1 Å². The monoisotopic (exact) mass is 358 g/mol. The number of aryl methyl sites for hydroxylation is 1. The van der Waals surface area contributed by atoms with E-state index in [-0.39, 0.29) is 42.9 Å². The van der Waals surface area contributed by atoms with Gasteiger partial charge in [0.2, 0.25) is 11.9 Å². The number of hydrogen-bond acceptors (Lipinski definition) is 5. The standard InChI is InChI=1S/C16H15FN6O3/c17-12-4-2-1-3-11(12)9-23-10-18-16(21-23)19-14(24)6-8-22-7-5-13(20-22)15(25)26/h1-5,7,10H,6,8-9H2,(H,25,26)(H,19,21,24). The van der Waals surface area contributed by atoms with Crippen LogP contribution in [0.15, 0.2) is 42.9 Å². The molecule has 134 valence electrons. The van der Waals surface area contributed by atoms with Crippen molar-refractivity contribution in [1.82, 2.24) is 24.5 Å². The molecule has 0 saturated heterocycles. The van der Waals surface area contributed by atoms with Gasteiger partial charge in [-0.15, -0.1) is 5.10 Å². The van der Waals surface area contributed by atoms with E-state index < -0.39 is 5.97 Å². The van der Waals surface area contributed by atoms with Crippen LogP contribution in [0.1, 0.15) is 22.5 Å². The molecule has 0 bridgehead atoms. The molecule has 26 heavy (non-hydrogen) atoms. The number of carbonyl (C=O) groups is 2. The molecule has 1 amide bonds. The lowest BCUT2D eigenvalue weighted by molar-refractivity contribution is -0.116. The van der Waals surface area contributed by atoms with Gasteiger partial charge in [0, 0.05) is 24.7 Å². The summed E-state index contributed by atoms with van der Waals surface area (Å²) in [6, 6.07) is 7.69. The van der Waals surface area contributed by atoms with Crippen molar-refractivity contribution in [3.05, 3.63) is 59.9 Å². The van der Waals surface area contributed by atoms with Crippen molar-refractivity contribution in [2.24, 2.45) is 0 Å². The summed E-state index contributed by atoms with van der Waals surface area (Å²) in [5.41, 5.74) is 0.377. The molecule has 0 aliphatic carbocycles. The van der Waals surface area contributed by atoms with Crippen LogP contribution in [-0.2, 0) is 17.9 Å². The highest BCUT2D eigenvalue weighted by Crippen LogP contribution is 2.09. The number of hydrogen-bond donors (Lipinski definition) is 2. The molecule has 1 aromatic carbocycles. The van der Waals surface area contributed by atoms with E-state index in [2.05, 4.69) is 20.5 Å². The first-order valence-electron chi connectivity index (χ1n) is 7.71. The molecule has 2 N–H and O–H groups in total. The highest BCUT2D eigenvalue weighted by Gasteiger charge is 2.10. The summed E-state index contributed by atoms with van der Waals surface area (Å²) in [5, 5.41) is 19.2. The summed E-state index contributed by atoms with van der Waals surface area (Å²) in [6.45, 7) is 0.413. The van der Waals surface area contributed by atoms with E-state index in [1.807, 2.05) is 0 Å². The molecule has 10 heteroatoms. The lowest BCUT2D eigenvalue weighted by Gasteiger charge is -2.03. The van der Waals surface area contributed by atoms with Crippen molar-refractivity contribution in [3.63, 3.8) is 0 Å². The topological polar surface area (TPSA) is 115 Å². The van der Waals surface area contributed by atoms with Crippen LogP contribution in [0.4, 0.5) is 10.3 Å². The van der Waals surface area contributed by atoms with Crippen LogP contribution in [0, 0.1) is 5.82 Å². The van der Waals surface area contributed by atoms with E-state index in [1.54, 1.807) is 18.2 Å². The van der Waals surface area contributed by atoms with Gasteiger partial charge >= 0.3 is 5.97 Å². The van der Waals surface area contributed by atoms with Gasteiger partial charge in [0.05, 0.1) is 6.54 Å². The van der Waals surface area contributed by atoms with Gasteiger partial charge < -0.3 is 5.11 Å². The highest BCUT2D eigenvalue weighted by molar-refractivity contribution is 5.88. The number of carboxylic acids is 1. The second-order valence-electron chi connectivity index (χ2n) is 5.42. The van der Waals surface area contributed by atoms with Crippen molar-refractivity contribution < 1.29 is 19.1 Å². The molecule has 3 rings (SSSR count). The number of halogens is 1. The van der Waals surface area contributed by atoms with Crippen molar-refractivity contribution in [2.75, 3.05) is 5.32 Å². The molecule has 0 unspecified atom stereocenters. The van der Waals surface area contributed by atoms with E-state index in [9.17, 15) is 14.0 Å². The minimum atomic E-state index is -1.13. The molecular weight excluding hydrogens is 343 g/mol. The van der Waals surface area contributed by atoms with Gasteiger partial charge in [-0.1, -0.05) is 18.2 Å². The molecule has 2 aromatic heterocycles. The Morgan fingerprint density at radius 3 is 2.69 bits per heavy atom. The number of benzene rings is 1. The molecular formula is C16H15FN6O3. The second-order valence-corrected chi connectivity index (χ2v) is 5.42. The average Bonchev–Trinajstić information content (AvgIpc) is 3.25. The Hall–Kier alpha value is -3.56. The van der Waals surface area contributed by atoms with Crippen molar-refractivity contribution in [2.45, 2.75) is 19.5 Å². The van der Waals surface area contributed by atoms with Crippen LogP contribution >= 0.6 is 0 Å². The van der Waals surface area contributed by atoms with Crippen LogP contribution < -0.4 is 5.32 Å². The minimum absolute atomic E-state index is 0.0720. The molecule has 3 aromatic rings. The Labute approximate surface area is 147 Å². The van der Waals surface area contributed by atoms with E-state index >= 15 is 0 Å². The molecule has 2 heterocycles. The molecule has 0 aliphatic rings. The molecule has 9 nitrogen and oxygen atoms in total. The fourth-order valence-corrected chi connectivity index (χ4v) is 2.23. The SMILES string of the molecule is O=C(CCn1ccc(C(=O)O)n1)Nc1ncn(Cc2ccccc2F)n1. The van der Waals surface area contributed by atoms with Gasteiger partial charge in [-0.05, 0) is 12.1 Å². The lowest BCUT2D eigenvalue weighted by Crippen LogP contribution is -2.16. The van der Waals surface area contributed by atoms with E-state index in [0.29, 0.717) is 5.56 Å². The molecule has 0 radical (unpaired) electrons. The maximum atomic E-state index is 13.6. The third-order valence-electron chi connectivity index (χ3n) is 3.51. The predicted octanol–water partition coefficient (Wildman–Crippen LogP) is 1.39. The van der Waals surface area contributed by atoms with Crippen molar-refractivity contribution in [3.8, 4) is 0 Å². The fraction of sp³-hybridized carbons (Fsp3) is 0.188. The van der Waals surface area contributed by atoms with Crippen LogP contribution in [0.25, 0.3) is 0 Å². The number of aromatic carboxylic acids is 1. The van der Waals surface area contributed by atoms with E-state index in [1.165, 1.54) is 34.0 Å². The van der Waals surface area contributed by atoms with Crippen LogP contribution in [0.5, 0.6) is 0 Å². The van der Waals surface area contributed by atoms with Crippen LogP contribution in [0.3, 0.4) is 0 Å². The number of carbonyl (C=O) groups excluding carboxylic acids is 1. The Morgan fingerprint density at radius 2 is 1.96 bits per heavy atom. The maximum absolute atomic E-state index is 13.6. The predicted molar refractivity (Wildman–Crippen MR) is 88.0 cm³/mol. The minimum Gasteiger partial charge on any atom is -0.476 e. The number of rotatable bonds is 7. The van der Waals surface area contributed by atoms with Crippen LogP contribution in [0.2, 0.25) is 0 Å². The first kappa shape index (κ1) is 17.3. The second kappa shape index (κ2) is 7.55. The Morgan fingerprint density at radius 1 is 1.15 bits per heavy atom. The third-order valence-corrected chi connectivity index (χ3v) is 3.51. The summed E-state index contributed by atoms with van der Waals surface area (Å²) in [4.78, 5) is 26.6. The van der Waals surface area contributed by atoms with E-state index in [4.69, 9.17) is 5.11 Å². The zero-order valence-corrected chi connectivity index (χ0v) is 13.5. The fourth-order valence-electron chi connectivity index (χ4n) is 2.23. The Kier molecular flexibility index (Phi) is 5.02. The lowest BCUT2D eigenvalue weighted by atomic mass is 10.2. The zero-order valence-electron chi connectivity index (χ0n) is 13.5. The smallest absolute Gasteiger partial charge is 0.356 e. The van der Waals surface area contributed by atoms with Gasteiger partial charge in [-0.3, -0.25) is 14.8 Å². The Bertz CT molecular complexity index is 935. The quantitative estimate of drug-likeness (QED) is 0.659. The average molecular weight is 358 g/mol. The zero-order chi connectivity index (χ0) is 18.5. The molecule has 0 saturated carbocycles. The summed E-state index contributed by atoms with van der Waals surface area (Å²) >= 11 is 0. The number of anilines is 1. The summed E-state index contributed by atoms with van der Waals surface area (Å²) < 4.78 is 16.4. The summed E-state index contributed by atoms with van der Waals surface area (Å²) in [6.07, 6.45) is 2.95. The third kappa shape index (κ3) is 4.29. The normalized spacial score (nSPS) is 10.7. The first-order valence-corrected chi connectivity index (χ1v) is 7.71. The highest BCUT2D eigenvalue weighted by atomic mass is 19.1. The maximum Gasteiger partial charge on any atom is 0.356 e. The van der Waals surface area contributed by atoms with Gasteiger partial charge in [-0.2, -0.15) is 5.10 Å². The molecule has 0 aliphatic heterocycles. The summed E-state index contributed by atoms with van der Waals surface area (Å²) in [7, 11) is 0. The summed E-state index contributed by atoms with van der Waals surface area (Å²) in [5.74, 6) is -1.70.